The van der Waals surface area contributed by atoms with Gasteiger partial charge in [-0.05, 0) is 89.9 Å². The van der Waals surface area contributed by atoms with Crippen LogP contribution < -0.4 is 5.32 Å². The quantitative estimate of drug-likeness (QED) is 0.0278. The standard InChI is InChI=1S/C50H79NO8/c1-3-5-7-9-10-11-12-13-14-15-16-17-18-19-20-21-22-23-24-25-26-27-28-29-30-31-32-33-34-36-38-40-46(54)51-43(44(53)39-37-35-8-6-4-2)42-58-50-49(57)48(56)47(55)45(41-52)59-50/h5,7,10-11,13-14,16-17,19-20,22-23,25-26,28-29,31-32,37,39,43-45,47-50,52-53,55-57H,3-4,6,8-9,12,15,18,21,24,27,30,33-36,38,40-42H2,1-2H3,(H,51,54)/b7-5-,11-10-,14-13-,17-16-,20-19-,23-22-,26-25-,29-28-,32-31-,39-37+. The van der Waals surface area contributed by atoms with Crippen LogP contribution in [0, 0.1) is 0 Å². The summed E-state index contributed by atoms with van der Waals surface area (Å²) in [7, 11) is 0. The third kappa shape index (κ3) is 29.5. The van der Waals surface area contributed by atoms with E-state index in [0.29, 0.717) is 12.8 Å². The average molecular weight is 822 g/mol. The number of nitrogens with one attached hydrogen (secondary N) is 1. The molecule has 0 bridgehead atoms. The first-order valence-corrected chi connectivity index (χ1v) is 22.3. The lowest BCUT2D eigenvalue weighted by Crippen LogP contribution is -2.60. The normalized spacial score (nSPS) is 21.9. The van der Waals surface area contributed by atoms with E-state index in [-0.39, 0.29) is 12.5 Å². The summed E-state index contributed by atoms with van der Waals surface area (Å²) in [5, 5.41) is 53.6. The molecule has 1 heterocycles. The molecule has 59 heavy (non-hydrogen) atoms. The van der Waals surface area contributed by atoms with Crippen molar-refractivity contribution in [2.24, 2.45) is 0 Å². The Bertz CT molecular complexity index is 1320. The number of aliphatic hydroxyl groups excluding tert-OH is 5. The van der Waals surface area contributed by atoms with Gasteiger partial charge in [-0.15, -0.1) is 0 Å². The smallest absolute Gasteiger partial charge is 0.220 e. The molecular weight excluding hydrogens is 743 g/mol. The second kappa shape index (κ2) is 38.8. The van der Waals surface area contributed by atoms with E-state index in [2.05, 4.69) is 129 Å². The van der Waals surface area contributed by atoms with Crippen LogP contribution in [0.4, 0.5) is 0 Å². The van der Waals surface area contributed by atoms with Crippen molar-refractivity contribution in [1.29, 1.82) is 0 Å². The van der Waals surface area contributed by atoms with Gasteiger partial charge >= 0.3 is 0 Å². The number of aliphatic hydroxyl groups is 5. The Morgan fingerprint density at radius 3 is 1.53 bits per heavy atom. The molecule has 0 spiro atoms. The van der Waals surface area contributed by atoms with Gasteiger partial charge in [0.1, 0.15) is 24.4 Å². The van der Waals surface area contributed by atoms with E-state index >= 15 is 0 Å². The number of hydrogen-bond acceptors (Lipinski definition) is 8. The Hall–Kier alpha value is -3.41. The first-order chi connectivity index (χ1) is 28.8. The third-order valence-corrected chi connectivity index (χ3v) is 9.54. The van der Waals surface area contributed by atoms with Gasteiger partial charge in [0.25, 0.3) is 0 Å². The van der Waals surface area contributed by atoms with Crippen LogP contribution >= 0.6 is 0 Å². The highest BCUT2D eigenvalue weighted by Gasteiger charge is 2.44. The van der Waals surface area contributed by atoms with Crippen LogP contribution in [0.25, 0.3) is 0 Å². The number of unbranched alkanes of at least 4 members (excludes halogenated alkanes) is 6. The highest BCUT2D eigenvalue weighted by atomic mass is 16.7. The summed E-state index contributed by atoms with van der Waals surface area (Å²) in [6.45, 7) is 3.48. The van der Waals surface area contributed by atoms with E-state index in [0.717, 1.165) is 103 Å². The second-order valence-electron chi connectivity index (χ2n) is 14.8. The Morgan fingerprint density at radius 1 is 0.593 bits per heavy atom. The van der Waals surface area contributed by atoms with Crippen LogP contribution in [0.5, 0.6) is 0 Å². The Morgan fingerprint density at radius 2 is 1.05 bits per heavy atom. The SMILES string of the molecule is CC/C=C\C/C=C\C/C=C\C/C=C\C/C=C\C/C=C\C/C=C\C/C=C\C/C=C\CCCCCC(=O)NC(COC1OC(CO)C(O)C(O)C1O)C(O)/C=C/CCCCC. The van der Waals surface area contributed by atoms with Crippen molar-refractivity contribution < 1.29 is 39.8 Å². The largest absolute Gasteiger partial charge is 0.394 e. The molecule has 1 amide bonds. The molecule has 1 aliphatic rings. The Labute approximate surface area is 357 Å². The zero-order valence-corrected chi connectivity index (χ0v) is 36.2. The molecule has 0 radical (unpaired) electrons. The minimum Gasteiger partial charge on any atom is -0.394 e. The molecule has 0 aromatic heterocycles. The molecule has 0 aliphatic carbocycles. The fourth-order valence-electron chi connectivity index (χ4n) is 5.97. The van der Waals surface area contributed by atoms with Crippen LogP contribution in [0.2, 0.25) is 0 Å². The number of ether oxygens (including phenoxy) is 2. The lowest BCUT2D eigenvalue weighted by atomic mass is 9.99. The highest BCUT2D eigenvalue weighted by molar-refractivity contribution is 5.76. The van der Waals surface area contributed by atoms with Gasteiger partial charge in [0.05, 0.1) is 25.4 Å². The molecule has 9 heteroatoms. The van der Waals surface area contributed by atoms with Gasteiger partial charge in [-0.2, -0.15) is 0 Å². The first-order valence-electron chi connectivity index (χ1n) is 22.3. The molecular formula is C50H79NO8. The summed E-state index contributed by atoms with van der Waals surface area (Å²) >= 11 is 0. The van der Waals surface area contributed by atoms with Crippen molar-refractivity contribution in [2.45, 2.75) is 172 Å². The van der Waals surface area contributed by atoms with Crippen molar-refractivity contribution in [3.05, 3.63) is 122 Å². The van der Waals surface area contributed by atoms with Crippen LogP contribution in [-0.4, -0.2) is 87.5 Å². The zero-order chi connectivity index (χ0) is 43.0. The van der Waals surface area contributed by atoms with Crippen molar-refractivity contribution in [2.75, 3.05) is 13.2 Å². The monoisotopic (exact) mass is 822 g/mol. The predicted octanol–water partition coefficient (Wildman–Crippen LogP) is 9.27. The van der Waals surface area contributed by atoms with Crippen molar-refractivity contribution in [3.63, 3.8) is 0 Å². The molecule has 332 valence electrons. The second-order valence-corrected chi connectivity index (χ2v) is 14.8. The number of carbonyl (C=O) groups excluding carboxylic acids is 1. The Balaban J connectivity index is 2.21. The molecule has 7 unspecified atom stereocenters. The van der Waals surface area contributed by atoms with Gasteiger partial charge in [-0.1, -0.05) is 155 Å². The van der Waals surface area contributed by atoms with Crippen LogP contribution in [0.15, 0.2) is 122 Å². The lowest BCUT2D eigenvalue weighted by Gasteiger charge is -2.40. The van der Waals surface area contributed by atoms with Crippen molar-refractivity contribution in [1.82, 2.24) is 5.32 Å². The van der Waals surface area contributed by atoms with E-state index in [4.69, 9.17) is 9.47 Å². The summed E-state index contributed by atoms with van der Waals surface area (Å²) < 4.78 is 11.1. The number of amides is 1. The molecule has 7 atom stereocenters. The maximum Gasteiger partial charge on any atom is 0.220 e. The van der Waals surface area contributed by atoms with E-state index in [1.54, 1.807) is 6.08 Å². The van der Waals surface area contributed by atoms with E-state index in [1.807, 2.05) is 6.08 Å². The van der Waals surface area contributed by atoms with Crippen LogP contribution in [0.1, 0.15) is 129 Å². The molecule has 1 rings (SSSR count). The van der Waals surface area contributed by atoms with E-state index in [1.165, 1.54) is 0 Å². The van der Waals surface area contributed by atoms with Gasteiger partial charge in [-0.25, -0.2) is 0 Å². The van der Waals surface area contributed by atoms with Crippen molar-refractivity contribution >= 4 is 5.91 Å². The summed E-state index contributed by atoms with van der Waals surface area (Å²) in [6, 6.07) is -0.827. The van der Waals surface area contributed by atoms with Gasteiger partial charge in [0, 0.05) is 6.42 Å². The fraction of sp³-hybridized carbons (Fsp3) is 0.580. The predicted molar refractivity (Wildman–Crippen MR) is 244 cm³/mol. The Kier molecular flexibility index (Phi) is 35.2. The average Bonchev–Trinajstić information content (AvgIpc) is 3.23. The highest BCUT2D eigenvalue weighted by Crippen LogP contribution is 2.22. The summed E-state index contributed by atoms with van der Waals surface area (Å²) in [5.41, 5.74) is 0. The molecule has 9 nitrogen and oxygen atoms in total. The fourth-order valence-corrected chi connectivity index (χ4v) is 5.97. The van der Waals surface area contributed by atoms with Crippen molar-refractivity contribution in [3.8, 4) is 0 Å². The first kappa shape index (κ1) is 53.6. The number of allylic oxidation sites excluding steroid dienone is 19. The van der Waals surface area contributed by atoms with Crippen LogP contribution in [0.3, 0.4) is 0 Å². The summed E-state index contributed by atoms with van der Waals surface area (Å²) in [5.74, 6) is -0.224. The minimum absolute atomic E-state index is 0.214. The van der Waals surface area contributed by atoms with Gasteiger partial charge in [0.15, 0.2) is 6.29 Å². The molecule has 1 saturated heterocycles. The van der Waals surface area contributed by atoms with Gasteiger partial charge in [0.2, 0.25) is 5.91 Å². The third-order valence-electron chi connectivity index (χ3n) is 9.54. The maximum atomic E-state index is 12.8. The number of hydrogen-bond donors (Lipinski definition) is 6. The molecule has 0 saturated carbocycles. The number of carbonyl (C=O) groups is 1. The summed E-state index contributed by atoms with van der Waals surface area (Å²) in [6.07, 6.45) is 51.6. The summed E-state index contributed by atoms with van der Waals surface area (Å²) in [4.78, 5) is 12.8. The van der Waals surface area contributed by atoms with Gasteiger partial charge in [-0.3, -0.25) is 4.79 Å². The molecule has 1 fully saturated rings. The number of rotatable bonds is 34. The van der Waals surface area contributed by atoms with Gasteiger partial charge < -0.3 is 40.3 Å². The zero-order valence-electron chi connectivity index (χ0n) is 36.2. The lowest BCUT2D eigenvalue weighted by molar-refractivity contribution is -0.302. The molecule has 6 N–H and O–H groups in total. The molecule has 0 aromatic carbocycles. The molecule has 0 aromatic rings. The van der Waals surface area contributed by atoms with E-state index < -0.39 is 49.5 Å². The topological polar surface area (TPSA) is 149 Å². The maximum absolute atomic E-state index is 12.8. The van der Waals surface area contributed by atoms with Crippen LogP contribution in [-0.2, 0) is 14.3 Å². The molecule has 1 aliphatic heterocycles. The van der Waals surface area contributed by atoms with E-state index in [9.17, 15) is 30.3 Å². The minimum atomic E-state index is -1.58.